The molecule has 3 saturated heterocycles. The van der Waals surface area contributed by atoms with Gasteiger partial charge in [-0.2, -0.15) is 0 Å². The average molecular weight is 1490 g/mol. The Hall–Kier alpha value is -3.29. The number of carbonyl (C=O) groups is 1. The zero-order valence-electron chi connectivity index (χ0n) is 65.2. The van der Waals surface area contributed by atoms with Crippen LogP contribution in [0.5, 0.6) is 0 Å². The van der Waals surface area contributed by atoms with Crippen LogP contribution in [-0.2, 0) is 33.2 Å². The van der Waals surface area contributed by atoms with E-state index < -0.39 is 124 Å². The molecule has 0 bridgehead atoms. The lowest BCUT2D eigenvalue weighted by molar-refractivity contribution is -0.379. The molecule has 3 aliphatic rings. The molecule has 608 valence electrons. The van der Waals surface area contributed by atoms with Crippen LogP contribution in [0.15, 0.2) is 97.2 Å². The van der Waals surface area contributed by atoms with Crippen molar-refractivity contribution in [1.29, 1.82) is 0 Å². The largest absolute Gasteiger partial charge is 0.394 e. The maximum absolute atomic E-state index is 13.5. The Morgan fingerprint density at radius 2 is 0.657 bits per heavy atom. The molecule has 0 saturated carbocycles. The van der Waals surface area contributed by atoms with Crippen molar-refractivity contribution < 1.29 is 89.4 Å². The number of rotatable bonds is 66. The maximum Gasteiger partial charge on any atom is 0.220 e. The molecule has 3 aliphatic heterocycles. The summed E-state index contributed by atoms with van der Waals surface area (Å²) >= 11 is 0. The Labute approximate surface area is 634 Å². The van der Waals surface area contributed by atoms with E-state index in [0.29, 0.717) is 12.8 Å². The predicted octanol–water partition coefficient (Wildman–Crippen LogP) is 14.7. The van der Waals surface area contributed by atoms with Crippen LogP contribution in [0, 0.1) is 0 Å². The van der Waals surface area contributed by atoms with E-state index in [9.17, 15) is 61.0 Å². The fourth-order valence-electron chi connectivity index (χ4n) is 13.7. The van der Waals surface area contributed by atoms with Crippen molar-refractivity contribution in [3.05, 3.63) is 97.2 Å². The number of unbranched alkanes of at least 4 members (excludes halogenated alkanes) is 34. The summed E-state index contributed by atoms with van der Waals surface area (Å²) in [6, 6.07) is -0.905. The first-order valence-corrected chi connectivity index (χ1v) is 42.0. The molecule has 17 unspecified atom stereocenters. The summed E-state index contributed by atoms with van der Waals surface area (Å²) in [5, 5.41) is 121. The van der Waals surface area contributed by atoms with Gasteiger partial charge in [0.1, 0.15) is 73.2 Å². The maximum atomic E-state index is 13.5. The van der Waals surface area contributed by atoms with E-state index in [1.807, 2.05) is 0 Å². The van der Waals surface area contributed by atoms with Crippen LogP contribution in [0.25, 0.3) is 0 Å². The molecule has 0 aromatic heterocycles. The number of nitrogens with one attached hydrogen (secondary N) is 1. The van der Waals surface area contributed by atoms with Gasteiger partial charge in [-0.15, -0.1) is 0 Å². The van der Waals surface area contributed by atoms with E-state index in [1.165, 1.54) is 161 Å². The minimum absolute atomic E-state index is 0.244. The van der Waals surface area contributed by atoms with Crippen molar-refractivity contribution in [3.8, 4) is 0 Å². The molecule has 0 aromatic carbocycles. The lowest BCUT2D eigenvalue weighted by Crippen LogP contribution is -2.66. The molecule has 3 rings (SSSR count). The summed E-state index contributed by atoms with van der Waals surface area (Å²) < 4.78 is 34.5. The number of aliphatic hydroxyl groups excluding tert-OH is 11. The van der Waals surface area contributed by atoms with E-state index in [0.717, 1.165) is 116 Å². The molecule has 0 aromatic rings. The van der Waals surface area contributed by atoms with Crippen molar-refractivity contribution in [3.63, 3.8) is 0 Å². The van der Waals surface area contributed by atoms with Crippen LogP contribution in [0.3, 0.4) is 0 Å². The number of ether oxygens (including phenoxy) is 6. The van der Waals surface area contributed by atoms with Gasteiger partial charge in [-0.1, -0.05) is 323 Å². The van der Waals surface area contributed by atoms with Crippen LogP contribution in [0.1, 0.15) is 309 Å². The van der Waals surface area contributed by atoms with Gasteiger partial charge in [0.15, 0.2) is 18.9 Å². The van der Waals surface area contributed by atoms with Gasteiger partial charge in [-0.05, 0) is 77.0 Å². The third-order valence-corrected chi connectivity index (χ3v) is 20.4. The first-order chi connectivity index (χ1) is 51.3. The molecule has 17 atom stereocenters. The SMILES string of the molecule is CC/C=C\C/C=C\C/C=C\C/C=C\C/C=C\C/C=C\C/C=C\C/C=C\CCCCCCCCC(=O)NC(COC1OC(CO)C(OC2OC(CO)C(OC3OC(CO)C(O)C(O)C3O)C(O)C2O)C(O)C1O)C(O)CCCCCCCCCCCCCCCCCCCCCCCCCCCCCCC. The van der Waals surface area contributed by atoms with E-state index in [4.69, 9.17) is 28.4 Å². The van der Waals surface area contributed by atoms with Gasteiger partial charge < -0.3 is 89.9 Å². The smallest absolute Gasteiger partial charge is 0.220 e. The second-order valence-electron chi connectivity index (χ2n) is 29.6. The van der Waals surface area contributed by atoms with Gasteiger partial charge in [0.05, 0.1) is 38.6 Å². The summed E-state index contributed by atoms with van der Waals surface area (Å²) in [5.74, 6) is -0.258. The Morgan fingerprint density at radius 3 is 1.03 bits per heavy atom. The number of hydrogen-bond acceptors (Lipinski definition) is 18. The van der Waals surface area contributed by atoms with Gasteiger partial charge in [0.2, 0.25) is 5.91 Å². The second-order valence-corrected chi connectivity index (χ2v) is 29.6. The summed E-state index contributed by atoms with van der Waals surface area (Å²) in [6.45, 7) is 1.71. The highest BCUT2D eigenvalue weighted by Crippen LogP contribution is 2.33. The van der Waals surface area contributed by atoms with Crippen molar-refractivity contribution in [2.75, 3.05) is 26.4 Å². The Bertz CT molecular complexity index is 2270. The molecule has 1 amide bonds. The molecule has 12 N–H and O–H groups in total. The highest BCUT2D eigenvalue weighted by molar-refractivity contribution is 5.76. The van der Waals surface area contributed by atoms with Gasteiger partial charge >= 0.3 is 0 Å². The fraction of sp³-hybridized carbons (Fsp3) is 0.802. The first-order valence-electron chi connectivity index (χ1n) is 42.0. The molecule has 0 radical (unpaired) electrons. The predicted molar refractivity (Wildman–Crippen MR) is 420 cm³/mol. The van der Waals surface area contributed by atoms with E-state index >= 15 is 0 Å². The van der Waals surface area contributed by atoms with Crippen LogP contribution in [-0.4, -0.2) is 193 Å². The Kier molecular flexibility index (Phi) is 59.8. The molecule has 0 spiro atoms. The van der Waals surface area contributed by atoms with Crippen LogP contribution in [0.2, 0.25) is 0 Å². The number of aliphatic hydroxyl groups is 11. The third-order valence-electron chi connectivity index (χ3n) is 20.4. The normalized spacial score (nSPS) is 26.3. The standard InChI is InChI=1S/C86H151NO18/c1-3-5-7-9-11-13-15-17-19-21-23-25-27-29-31-33-34-36-38-40-42-44-46-48-50-52-54-56-58-60-62-64-74(92)87-69(70(91)63-61-59-57-55-53-51-49-47-45-43-41-39-37-35-32-30-28-26-24-22-20-18-16-14-12-10-8-6-4-2)68-100-84-80(98)77(95)82(72(66-89)102-84)105-86-81(99)78(96)83(73(67-90)103-86)104-85-79(97)76(94)75(93)71(65-88)101-85/h5,7,11,13,17,19,23,25,29,31,34,36,40,42,46,48,69-73,75-86,88-91,93-99H,3-4,6,8-10,12,14-16,18,20-22,24,26-28,30,32-33,35,37-39,41,43-45,47,49-68H2,1-2H3,(H,87,92)/b7-5-,13-11-,19-17-,25-23-,31-29-,36-34-,42-40-,48-46-. The third kappa shape index (κ3) is 45.0. The quantitative estimate of drug-likeness (QED) is 0.0199. The number of hydrogen-bond donors (Lipinski definition) is 12. The van der Waals surface area contributed by atoms with Crippen LogP contribution < -0.4 is 5.32 Å². The fourth-order valence-corrected chi connectivity index (χ4v) is 13.7. The van der Waals surface area contributed by atoms with Crippen molar-refractivity contribution in [1.82, 2.24) is 5.32 Å². The van der Waals surface area contributed by atoms with E-state index in [-0.39, 0.29) is 18.9 Å². The van der Waals surface area contributed by atoms with Gasteiger partial charge in [-0.25, -0.2) is 0 Å². The topological polar surface area (TPSA) is 307 Å². The summed E-state index contributed by atoms with van der Waals surface area (Å²) in [6.07, 6.45) is 62.0. The average Bonchev–Trinajstić information content (AvgIpc) is 0.781. The molecular weight excluding hydrogens is 1330 g/mol. The van der Waals surface area contributed by atoms with Crippen molar-refractivity contribution in [2.24, 2.45) is 0 Å². The van der Waals surface area contributed by atoms with Crippen LogP contribution in [0.4, 0.5) is 0 Å². The molecule has 105 heavy (non-hydrogen) atoms. The Balaban J connectivity index is 1.37. The van der Waals surface area contributed by atoms with Crippen LogP contribution >= 0.6 is 0 Å². The summed E-state index contributed by atoms with van der Waals surface area (Å²) in [7, 11) is 0. The lowest BCUT2D eigenvalue weighted by Gasteiger charge is -2.48. The molecule has 3 fully saturated rings. The molecule has 19 heteroatoms. The molecular formula is C86H151NO18. The van der Waals surface area contributed by atoms with Gasteiger partial charge in [-0.3, -0.25) is 4.79 Å². The highest BCUT2D eigenvalue weighted by atomic mass is 16.8. The van der Waals surface area contributed by atoms with Crippen molar-refractivity contribution >= 4 is 5.91 Å². The molecule has 3 heterocycles. The number of amides is 1. The van der Waals surface area contributed by atoms with Gasteiger partial charge in [0.25, 0.3) is 0 Å². The molecule has 19 nitrogen and oxygen atoms in total. The van der Waals surface area contributed by atoms with Crippen molar-refractivity contribution in [2.45, 2.75) is 413 Å². The first kappa shape index (κ1) is 95.9. The highest BCUT2D eigenvalue weighted by Gasteiger charge is 2.54. The monoisotopic (exact) mass is 1490 g/mol. The zero-order chi connectivity index (χ0) is 76.0. The second kappa shape index (κ2) is 65.4. The minimum atomic E-state index is -1.98. The summed E-state index contributed by atoms with van der Waals surface area (Å²) in [4.78, 5) is 13.5. The molecule has 0 aliphatic carbocycles. The minimum Gasteiger partial charge on any atom is -0.394 e. The van der Waals surface area contributed by atoms with E-state index in [2.05, 4.69) is 116 Å². The summed E-state index contributed by atoms with van der Waals surface area (Å²) in [5.41, 5.74) is 0. The van der Waals surface area contributed by atoms with E-state index in [1.54, 1.807) is 0 Å². The zero-order valence-corrected chi connectivity index (χ0v) is 65.2. The number of allylic oxidation sites excluding steroid dienone is 16. The van der Waals surface area contributed by atoms with Gasteiger partial charge in [0, 0.05) is 6.42 Å². The number of carbonyl (C=O) groups excluding carboxylic acids is 1. The lowest BCUT2D eigenvalue weighted by atomic mass is 9.96. The Morgan fingerprint density at radius 1 is 0.352 bits per heavy atom.